The molecule has 1 aromatic heterocycles. The topological polar surface area (TPSA) is 65.5 Å². The predicted octanol–water partition coefficient (Wildman–Crippen LogP) is 1.14. The Bertz CT molecular complexity index is 468. The summed E-state index contributed by atoms with van der Waals surface area (Å²) in [5.74, 6) is 0.0280. The van der Waals surface area contributed by atoms with E-state index in [-0.39, 0.29) is 11.7 Å². The lowest BCUT2D eigenvalue weighted by atomic mass is 10.2. The van der Waals surface area contributed by atoms with Crippen LogP contribution in [0.2, 0.25) is 0 Å². The normalized spacial score (nSPS) is 22.4. The summed E-state index contributed by atoms with van der Waals surface area (Å²) in [6, 6.07) is 2.28. The molecule has 1 amide bonds. The molecule has 1 aliphatic carbocycles. The van der Waals surface area contributed by atoms with Crippen molar-refractivity contribution in [3.05, 3.63) is 24.0 Å². The van der Waals surface area contributed by atoms with Gasteiger partial charge >= 0.3 is 0 Å². The van der Waals surface area contributed by atoms with E-state index in [0.717, 1.165) is 32.4 Å². The number of aromatic nitrogens is 1. The minimum atomic E-state index is -0.0143. The van der Waals surface area contributed by atoms with Crippen LogP contribution < -0.4 is 5.32 Å². The molecule has 0 aromatic carbocycles. The molecule has 2 fully saturated rings. The fourth-order valence-corrected chi connectivity index (χ4v) is 2.64. The summed E-state index contributed by atoms with van der Waals surface area (Å²) in [5.41, 5.74) is 0.477. The van der Waals surface area contributed by atoms with Crippen LogP contribution in [0.5, 0.6) is 5.75 Å². The number of hydrogen-bond acceptors (Lipinski definition) is 4. The molecule has 5 heteroatoms. The Morgan fingerprint density at radius 3 is 2.89 bits per heavy atom. The molecule has 102 valence electrons. The lowest BCUT2D eigenvalue weighted by Gasteiger charge is -2.25. The molecule has 19 heavy (non-hydrogen) atoms. The first-order valence-electron chi connectivity index (χ1n) is 6.92. The van der Waals surface area contributed by atoms with Gasteiger partial charge in [-0.15, -0.1) is 0 Å². The zero-order valence-corrected chi connectivity index (χ0v) is 10.9. The first-order chi connectivity index (χ1) is 9.24. The van der Waals surface area contributed by atoms with Gasteiger partial charge in [0.15, 0.2) is 0 Å². The minimum Gasteiger partial charge on any atom is -0.506 e. The summed E-state index contributed by atoms with van der Waals surface area (Å²) in [4.78, 5) is 18.3. The van der Waals surface area contributed by atoms with Gasteiger partial charge in [-0.25, -0.2) is 0 Å². The highest BCUT2D eigenvalue weighted by atomic mass is 16.3. The van der Waals surface area contributed by atoms with Gasteiger partial charge in [0.2, 0.25) is 0 Å². The Morgan fingerprint density at radius 1 is 1.42 bits per heavy atom. The average molecular weight is 261 g/mol. The van der Waals surface area contributed by atoms with Crippen LogP contribution in [-0.2, 0) is 0 Å². The SMILES string of the molecule is O=C(c1cncc(O)c1)N(CC1CCCN1)C1CC1. The molecule has 1 unspecified atom stereocenters. The van der Waals surface area contributed by atoms with Crippen molar-refractivity contribution in [3.8, 4) is 5.75 Å². The molecule has 0 spiro atoms. The Labute approximate surface area is 112 Å². The van der Waals surface area contributed by atoms with E-state index in [1.54, 1.807) is 0 Å². The van der Waals surface area contributed by atoms with Crippen LogP contribution in [0.25, 0.3) is 0 Å². The second-order valence-electron chi connectivity index (χ2n) is 5.41. The number of amides is 1. The van der Waals surface area contributed by atoms with Crippen LogP contribution in [0.1, 0.15) is 36.0 Å². The quantitative estimate of drug-likeness (QED) is 0.853. The molecule has 3 rings (SSSR count). The molecule has 1 atom stereocenters. The molecule has 1 aliphatic heterocycles. The molecule has 0 bridgehead atoms. The van der Waals surface area contributed by atoms with Crippen LogP contribution in [0.15, 0.2) is 18.5 Å². The van der Waals surface area contributed by atoms with Gasteiger partial charge < -0.3 is 15.3 Å². The van der Waals surface area contributed by atoms with Crippen molar-refractivity contribution in [2.75, 3.05) is 13.1 Å². The van der Waals surface area contributed by atoms with E-state index < -0.39 is 0 Å². The monoisotopic (exact) mass is 261 g/mol. The van der Waals surface area contributed by atoms with Gasteiger partial charge in [0.25, 0.3) is 5.91 Å². The molecule has 1 aromatic rings. The molecular formula is C14H19N3O2. The molecule has 2 aliphatic rings. The van der Waals surface area contributed by atoms with E-state index in [9.17, 15) is 9.90 Å². The summed E-state index contributed by atoms with van der Waals surface area (Å²) in [6.45, 7) is 1.81. The van der Waals surface area contributed by atoms with Gasteiger partial charge in [-0.05, 0) is 38.3 Å². The van der Waals surface area contributed by atoms with Gasteiger partial charge in [-0.3, -0.25) is 9.78 Å². The number of carbonyl (C=O) groups excluding carboxylic acids is 1. The number of carbonyl (C=O) groups is 1. The maximum Gasteiger partial charge on any atom is 0.255 e. The molecule has 5 nitrogen and oxygen atoms in total. The zero-order valence-electron chi connectivity index (χ0n) is 10.9. The van der Waals surface area contributed by atoms with Crippen LogP contribution in [0.3, 0.4) is 0 Å². The fourth-order valence-electron chi connectivity index (χ4n) is 2.64. The summed E-state index contributed by atoms with van der Waals surface area (Å²) in [6.07, 6.45) is 7.37. The van der Waals surface area contributed by atoms with Crippen molar-refractivity contribution in [2.24, 2.45) is 0 Å². The van der Waals surface area contributed by atoms with Gasteiger partial charge in [0.1, 0.15) is 5.75 Å². The number of pyridine rings is 1. The van der Waals surface area contributed by atoms with Crippen molar-refractivity contribution in [1.82, 2.24) is 15.2 Å². The zero-order chi connectivity index (χ0) is 13.2. The largest absolute Gasteiger partial charge is 0.506 e. The highest BCUT2D eigenvalue weighted by Crippen LogP contribution is 2.29. The van der Waals surface area contributed by atoms with E-state index in [1.807, 2.05) is 4.90 Å². The highest BCUT2D eigenvalue weighted by Gasteiger charge is 2.35. The standard InChI is InChI=1S/C14H19N3O2/c18-13-6-10(7-15-8-13)14(19)17(12-3-4-12)9-11-2-1-5-16-11/h6-8,11-12,16,18H,1-5,9H2. The molecule has 2 N–H and O–H groups in total. The van der Waals surface area contributed by atoms with Gasteiger partial charge in [0, 0.05) is 24.8 Å². The van der Waals surface area contributed by atoms with Crippen molar-refractivity contribution in [2.45, 2.75) is 37.8 Å². The van der Waals surface area contributed by atoms with E-state index in [2.05, 4.69) is 10.3 Å². The molecular weight excluding hydrogens is 242 g/mol. The number of nitrogens with zero attached hydrogens (tertiary/aromatic N) is 2. The Kier molecular flexibility index (Phi) is 3.38. The number of nitrogens with one attached hydrogen (secondary N) is 1. The maximum atomic E-state index is 12.5. The van der Waals surface area contributed by atoms with Crippen molar-refractivity contribution in [1.29, 1.82) is 0 Å². The third kappa shape index (κ3) is 2.87. The summed E-state index contributed by atoms with van der Waals surface area (Å²) < 4.78 is 0. The smallest absolute Gasteiger partial charge is 0.255 e. The first kappa shape index (κ1) is 12.4. The van der Waals surface area contributed by atoms with Gasteiger partial charge in [-0.1, -0.05) is 0 Å². The third-order valence-corrected chi connectivity index (χ3v) is 3.80. The second kappa shape index (κ2) is 5.17. The number of rotatable bonds is 4. The van der Waals surface area contributed by atoms with E-state index in [4.69, 9.17) is 0 Å². The Morgan fingerprint density at radius 2 is 2.26 bits per heavy atom. The number of aromatic hydroxyl groups is 1. The van der Waals surface area contributed by atoms with Crippen LogP contribution in [0, 0.1) is 0 Å². The van der Waals surface area contributed by atoms with Crippen molar-refractivity contribution >= 4 is 5.91 Å². The lowest BCUT2D eigenvalue weighted by molar-refractivity contribution is 0.0727. The van der Waals surface area contributed by atoms with E-state index in [0.29, 0.717) is 17.6 Å². The summed E-state index contributed by atoms with van der Waals surface area (Å²) in [5, 5.41) is 12.9. The summed E-state index contributed by atoms with van der Waals surface area (Å²) in [7, 11) is 0. The molecule has 2 heterocycles. The lowest BCUT2D eigenvalue weighted by Crippen LogP contribution is -2.42. The third-order valence-electron chi connectivity index (χ3n) is 3.80. The molecule has 0 radical (unpaired) electrons. The van der Waals surface area contributed by atoms with Gasteiger partial charge in [-0.2, -0.15) is 0 Å². The maximum absolute atomic E-state index is 12.5. The van der Waals surface area contributed by atoms with Crippen LogP contribution in [-0.4, -0.2) is 46.1 Å². The van der Waals surface area contributed by atoms with Crippen molar-refractivity contribution < 1.29 is 9.90 Å². The molecule has 1 saturated heterocycles. The van der Waals surface area contributed by atoms with E-state index in [1.165, 1.54) is 24.9 Å². The summed E-state index contributed by atoms with van der Waals surface area (Å²) >= 11 is 0. The van der Waals surface area contributed by atoms with Gasteiger partial charge in [0.05, 0.1) is 11.8 Å². The van der Waals surface area contributed by atoms with E-state index >= 15 is 0 Å². The fraction of sp³-hybridized carbons (Fsp3) is 0.571. The highest BCUT2D eigenvalue weighted by molar-refractivity contribution is 5.94. The second-order valence-corrected chi connectivity index (χ2v) is 5.41. The average Bonchev–Trinajstić information content (AvgIpc) is 3.12. The number of hydrogen-bond donors (Lipinski definition) is 2. The van der Waals surface area contributed by atoms with Crippen LogP contribution >= 0.6 is 0 Å². The van der Waals surface area contributed by atoms with Crippen LogP contribution in [0.4, 0.5) is 0 Å². The molecule has 1 saturated carbocycles. The predicted molar refractivity (Wildman–Crippen MR) is 71.0 cm³/mol. The Hall–Kier alpha value is -1.62. The Balaban J connectivity index is 1.73. The first-order valence-corrected chi connectivity index (χ1v) is 6.92. The minimum absolute atomic E-state index is 0.0143. The van der Waals surface area contributed by atoms with Crippen molar-refractivity contribution in [3.63, 3.8) is 0 Å².